The van der Waals surface area contributed by atoms with E-state index in [-0.39, 0.29) is 24.5 Å². The van der Waals surface area contributed by atoms with Crippen LogP contribution in [0.5, 0.6) is 5.75 Å². The molecule has 1 amide bonds. The SMILES string of the molecule is Cc1nc(COc2ccc(NC(=O)C(C)C(C)N)cc2)no1. The second kappa shape index (κ2) is 7.04. The van der Waals surface area contributed by atoms with E-state index in [1.165, 1.54) is 0 Å². The molecule has 118 valence electrons. The summed E-state index contributed by atoms with van der Waals surface area (Å²) in [6.07, 6.45) is 0. The third-order valence-corrected chi connectivity index (χ3v) is 3.26. The van der Waals surface area contributed by atoms with Crippen LogP contribution in [-0.2, 0) is 11.4 Å². The topological polar surface area (TPSA) is 103 Å². The molecule has 1 aromatic carbocycles. The lowest BCUT2D eigenvalue weighted by Crippen LogP contribution is -2.34. The minimum atomic E-state index is -0.252. The predicted molar refractivity (Wildman–Crippen MR) is 81.3 cm³/mol. The Labute approximate surface area is 128 Å². The van der Waals surface area contributed by atoms with Crippen molar-refractivity contribution >= 4 is 11.6 Å². The molecule has 0 aliphatic heterocycles. The second-order valence-corrected chi connectivity index (χ2v) is 5.18. The van der Waals surface area contributed by atoms with Gasteiger partial charge in [0.15, 0.2) is 6.61 Å². The first-order valence-corrected chi connectivity index (χ1v) is 7.04. The molecule has 0 aliphatic rings. The first-order chi connectivity index (χ1) is 10.5. The minimum Gasteiger partial charge on any atom is -0.485 e. The molecule has 2 rings (SSSR count). The lowest BCUT2D eigenvalue weighted by atomic mass is 10.0. The Morgan fingerprint density at radius 1 is 1.36 bits per heavy atom. The molecular formula is C15H20N4O3. The summed E-state index contributed by atoms with van der Waals surface area (Å²) in [5.74, 6) is 1.28. The first-order valence-electron chi connectivity index (χ1n) is 7.04. The van der Waals surface area contributed by atoms with Crippen LogP contribution >= 0.6 is 0 Å². The van der Waals surface area contributed by atoms with E-state index in [0.29, 0.717) is 23.2 Å². The largest absolute Gasteiger partial charge is 0.485 e. The molecule has 2 atom stereocenters. The molecule has 1 heterocycles. The average Bonchev–Trinajstić information content (AvgIpc) is 2.91. The van der Waals surface area contributed by atoms with E-state index >= 15 is 0 Å². The van der Waals surface area contributed by atoms with Crippen LogP contribution in [-0.4, -0.2) is 22.1 Å². The van der Waals surface area contributed by atoms with Crippen LogP contribution in [0.3, 0.4) is 0 Å². The zero-order valence-corrected chi connectivity index (χ0v) is 12.9. The van der Waals surface area contributed by atoms with E-state index in [4.69, 9.17) is 15.0 Å². The van der Waals surface area contributed by atoms with Gasteiger partial charge in [-0.25, -0.2) is 0 Å². The number of carbonyl (C=O) groups is 1. The third-order valence-electron chi connectivity index (χ3n) is 3.26. The van der Waals surface area contributed by atoms with Gasteiger partial charge in [0, 0.05) is 18.7 Å². The van der Waals surface area contributed by atoms with Crippen molar-refractivity contribution < 1.29 is 14.1 Å². The molecule has 0 fully saturated rings. The monoisotopic (exact) mass is 304 g/mol. The Hall–Kier alpha value is -2.41. The highest BCUT2D eigenvalue weighted by molar-refractivity contribution is 5.92. The Morgan fingerprint density at radius 3 is 2.59 bits per heavy atom. The molecule has 0 spiro atoms. The van der Waals surface area contributed by atoms with Gasteiger partial charge in [0.1, 0.15) is 5.75 Å². The Balaban J connectivity index is 1.88. The molecule has 3 N–H and O–H groups in total. The Bertz CT molecular complexity index is 622. The van der Waals surface area contributed by atoms with Crippen LogP contribution in [0.4, 0.5) is 5.69 Å². The standard InChI is InChI=1S/C15H20N4O3/c1-9(10(2)16)15(20)18-12-4-6-13(7-5-12)21-8-14-17-11(3)22-19-14/h4-7,9-10H,8,16H2,1-3H3,(H,18,20). The van der Waals surface area contributed by atoms with Crippen LogP contribution in [0.1, 0.15) is 25.6 Å². The van der Waals surface area contributed by atoms with Gasteiger partial charge < -0.3 is 20.3 Å². The molecule has 0 radical (unpaired) electrons. The molecule has 0 saturated heterocycles. The van der Waals surface area contributed by atoms with E-state index in [2.05, 4.69) is 15.5 Å². The average molecular weight is 304 g/mol. The maximum Gasteiger partial charge on any atom is 0.228 e. The Morgan fingerprint density at radius 2 is 2.05 bits per heavy atom. The summed E-state index contributed by atoms with van der Waals surface area (Å²) < 4.78 is 10.4. The summed E-state index contributed by atoms with van der Waals surface area (Å²) in [5.41, 5.74) is 6.41. The van der Waals surface area contributed by atoms with Gasteiger partial charge in [-0.3, -0.25) is 4.79 Å². The number of aromatic nitrogens is 2. The lowest BCUT2D eigenvalue weighted by Gasteiger charge is -2.15. The number of nitrogens with zero attached hydrogens (tertiary/aromatic N) is 2. The zero-order chi connectivity index (χ0) is 16.1. The van der Waals surface area contributed by atoms with Gasteiger partial charge in [-0.15, -0.1) is 0 Å². The van der Waals surface area contributed by atoms with Gasteiger partial charge in [-0.05, 0) is 31.2 Å². The van der Waals surface area contributed by atoms with Gasteiger partial charge >= 0.3 is 0 Å². The number of rotatable bonds is 6. The fourth-order valence-electron chi connectivity index (χ4n) is 1.68. The van der Waals surface area contributed by atoms with Crippen molar-refractivity contribution in [3.05, 3.63) is 36.0 Å². The van der Waals surface area contributed by atoms with Crippen molar-refractivity contribution in [2.24, 2.45) is 11.7 Å². The quantitative estimate of drug-likeness (QED) is 0.844. The number of aryl methyl sites for hydroxylation is 1. The fourth-order valence-corrected chi connectivity index (χ4v) is 1.68. The van der Waals surface area contributed by atoms with Crippen LogP contribution in [0, 0.1) is 12.8 Å². The fraction of sp³-hybridized carbons (Fsp3) is 0.400. The minimum absolute atomic E-state index is 0.106. The summed E-state index contributed by atoms with van der Waals surface area (Å²) >= 11 is 0. The molecular weight excluding hydrogens is 284 g/mol. The van der Waals surface area contributed by atoms with Gasteiger partial charge in [0.2, 0.25) is 17.6 Å². The molecule has 0 saturated carbocycles. The summed E-state index contributed by atoms with van der Waals surface area (Å²) in [4.78, 5) is 15.9. The highest BCUT2D eigenvalue weighted by Crippen LogP contribution is 2.17. The van der Waals surface area contributed by atoms with E-state index in [9.17, 15) is 4.79 Å². The van der Waals surface area contributed by atoms with Gasteiger partial charge in [0.05, 0.1) is 5.92 Å². The van der Waals surface area contributed by atoms with E-state index in [1.54, 1.807) is 45.0 Å². The Kier molecular flexibility index (Phi) is 5.11. The van der Waals surface area contributed by atoms with Crippen molar-refractivity contribution in [1.82, 2.24) is 10.1 Å². The zero-order valence-electron chi connectivity index (χ0n) is 12.9. The maximum absolute atomic E-state index is 11.9. The number of nitrogens with one attached hydrogen (secondary N) is 1. The van der Waals surface area contributed by atoms with Crippen molar-refractivity contribution in [1.29, 1.82) is 0 Å². The molecule has 22 heavy (non-hydrogen) atoms. The van der Waals surface area contributed by atoms with Crippen molar-refractivity contribution in [3.8, 4) is 5.75 Å². The molecule has 2 aromatic rings. The number of ether oxygens (including phenoxy) is 1. The van der Waals surface area contributed by atoms with Gasteiger partial charge in [0.25, 0.3) is 0 Å². The summed E-state index contributed by atoms with van der Waals surface area (Å²) in [7, 11) is 0. The summed E-state index contributed by atoms with van der Waals surface area (Å²) in [6.45, 7) is 5.55. The number of carbonyl (C=O) groups excluding carboxylic acids is 1. The maximum atomic E-state index is 11.9. The van der Waals surface area contributed by atoms with Gasteiger partial charge in [-0.2, -0.15) is 4.98 Å². The van der Waals surface area contributed by atoms with Crippen LogP contribution < -0.4 is 15.8 Å². The van der Waals surface area contributed by atoms with E-state index < -0.39 is 0 Å². The molecule has 0 aliphatic carbocycles. The van der Waals surface area contributed by atoms with Crippen LogP contribution in [0.25, 0.3) is 0 Å². The summed E-state index contributed by atoms with van der Waals surface area (Å²) in [6, 6.07) is 6.87. The number of hydrogen-bond donors (Lipinski definition) is 2. The van der Waals surface area contributed by atoms with E-state index in [1.807, 2.05) is 0 Å². The highest BCUT2D eigenvalue weighted by Gasteiger charge is 2.16. The van der Waals surface area contributed by atoms with Gasteiger partial charge in [-0.1, -0.05) is 12.1 Å². The second-order valence-electron chi connectivity index (χ2n) is 5.18. The van der Waals surface area contributed by atoms with Crippen molar-refractivity contribution in [2.45, 2.75) is 33.4 Å². The lowest BCUT2D eigenvalue weighted by molar-refractivity contribution is -0.119. The number of anilines is 1. The van der Waals surface area contributed by atoms with Crippen LogP contribution in [0.15, 0.2) is 28.8 Å². The van der Waals surface area contributed by atoms with Crippen molar-refractivity contribution in [3.63, 3.8) is 0 Å². The summed E-state index contributed by atoms with van der Waals surface area (Å²) in [5, 5.41) is 6.56. The molecule has 7 heteroatoms. The molecule has 0 bridgehead atoms. The number of benzene rings is 1. The smallest absolute Gasteiger partial charge is 0.228 e. The highest BCUT2D eigenvalue weighted by atomic mass is 16.5. The van der Waals surface area contributed by atoms with Crippen molar-refractivity contribution in [2.75, 3.05) is 5.32 Å². The first kappa shape index (κ1) is 16.0. The molecule has 7 nitrogen and oxygen atoms in total. The normalized spacial score (nSPS) is 13.5. The third kappa shape index (κ3) is 4.29. The number of amides is 1. The molecule has 1 aromatic heterocycles. The van der Waals surface area contributed by atoms with Crippen LogP contribution in [0.2, 0.25) is 0 Å². The number of hydrogen-bond acceptors (Lipinski definition) is 6. The number of nitrogens with two attached hydrogens (primary N) is 1. The predicted octanol–water partition coefficient (Wildman–Crippen LogP) is 1.88. The van der Waals surface area contributed by atoms with E-state index in [0.717, 1.165) is 0 Å². The molecule has 2 unspecified atom stereocenters.